The Hall–Kier alpha value is -1.69. The predicted molar refractivity (Wildman–Crippen MR) is 62.4 cm³/mol. The molecule has 0 aromatic carbocycles. The van der Waals surface area contributed by atoms with Crippen LogP contribution in [0.5, 0.6) is 0 Å². The molecule has 0 saturated carbocycles. The van der Waals surface area contributed by atoms with Crippen molar-refractivity contribution in [3.63, 3.8) is 0 Å². The molecule has 90 valence electrons. The normalized spacial score (nSPS) is 15.8. The molecule has 0 unspecified atom stereocenters. The summed E-state index contributed by atoms with van der Waals surface area (Å²) in [5.41, 5.74) is 1.20. The Balaban J connectivity index is 2.86. The van der Waals surface area contributed by atoms with Crippen LogP contribution in [0.15, 0.2) is 11.8 Å². The SMILES string of the molecule is CC1=Cc2c(c(C)cn2S(C)(=O)=O)C(=O)C1=O. The Morgan fingerprint density at radius 1 is 1.12 bits per heavy atom. The molecule has 1 aliphatic carbocycles. The van der Waals surface area contributed by atoms with Crippen molar-refractivity contribution in [2.24, 2.45) is 0 Å². The Labute approximate surface area is 98.8 Å². The number of hydrogen-bond donors (Lipinski definition) is 0. The van der Waals surface area contributed by atoms with Gasteiger partial charge in [0.1, 0.15) is 0 Å². The van der Waals surface area contributed by atoms with E-state index in [1.165, 1.54) is 19.2 Å². The molecular formula is C11H11NO4S. The molecular weight excluding hydrogens is 242 g/mol. The minimum absolute atomic E-state index is 0.186. The number of nitrogens with zero attached hydrogens (tertiary/aromatic N) is 1. The number of carbonyl (C=O) groups is 2. The summed E-state index contributed by atoms with van der Waals surface area (Å²) in [6.07, 6.45) is 3.85. The summed E-state index contributed by atoms with van der Waals surface area (Å²) in [5, 5.41) is 0. The van der Waals surface area contributed by atoms with Gasteiger partial charge >= 0.3 is 0 Å². The highest BCUT2D eigenvalue weighted by Crippen LogP contribution is 2.27. The highest BCUT2D eigenvalue weighted by atomic mass is 32.2. The van der Waals surface area contributed by atoms with Crippen molar-refractivity contribution in [3.05, 3.63) is 28.6 Å². The molecule has 0 atom stereocenters. The van der Waals surface area contributed by atoms with Crippen molar-refractivity contribution in [2.75, 3.05) is 6.26 Å². The maximum atomic E-state index is 11.8. The van der Waals surface area contributed by atoms with Crippen molar-refractivity contribution in [1.82, 2.24) is 3.97 Å². The maximum absolute atomic E-state index is 11.8. The molecule has 1 heterocycles. The average Bonchev–Trinajstić information content (AvgIpc) is 2.52. The van der Waals surface area contributed by atoms with Crippen molar-refractivity contribution < 1.29 is 18.0 Å². The molecule has 0 N–H and O–H groups in total. The fourth-order valence-corrected chi connectivity index (χ4v) is 2.74. The number of hydrogen-bond acceptors (Lipinski definition) is 4. The van der Waals surface area contributed by atoms with E-state index in [2.05, 4.69) is 0 Å². The zero-order valence-corrected chi connectivity index (χ0v) is 10.5. The molecule has 17 heavy (non-hydrogen) atoms. The largest absolute Gasteiger partial charge is 0.285 e. The second-order valence-electron chi connectivity index (χ2n) is 4.12. The van der Waals surface area contributed by atoms with Gasteiger partial charge in [0.2, 0.25) is 21.6 Å². The van der Waals surface area contributed by atoms with Gasteiger partial charge < -0.3 is 0 Å². The smallest absolute Gasteiger partial charge is 0.236 e. The number of carbonyl (C=O) groups excluding carboxylic acids is 2. The minimum atomic E-state index is -3.48. The maximum Gasteiger partial charge on any atom is 0.236 e. The van der Waals surface area contributed by atoms with E-state index in [0.717, 1.165) is 10.2 Å². The van der Waals surface area contributed by atoms with E-state index >= 15 is 0 Å². The van der Waals surface area contributed by atoms with Crippen LogP contribution in [0, 0.1) is 6.92 Å². The molecule has 0 spiro atoms. The third-order valence-electron chi connectivity index (χ3n) is 2.70. The minimum Gasteiger partial charge on any atom is -0.285 e. The summed E-state index contributed by atoms with van der Waals surface area (Å²) in [5.74, 6) is -1.22. The molecule has 2 rings (SSSR count). The van der Waals surface area contributed by atoms with Crippen LogP contribution in [0.2, 0.25) is 0 Å². The summed E-state index contributed by atoms with van der Waals surface area (Å²) in [6, 6.07) is 0. The van der Waals surface area contributed by atoms with Gasteiger partial charge in [-0.05, 0) is 25.5 Å². The molecule has 0 amide bonds. The molecule has 1 aromatic heterocycles. The van der Waals surface area contributed by atoms with E-state index < -0.39 is 21.6 Å². The van der Waals surface area contributed by atoms with E-state index in [9.17, 15) is 18.0 Å². The highest BCUT2D eigenvalue weighted by Gasteiger charge is 2.31. The van der Waals surface area contributed by atoms with Crippen LogP contribution in [-0.4, -0.2) is 30.2 Å². The summed E-state index contributed by atoms with van der Waals surface area (Å²) >= 11 is 0. The Morgan fingerprint density at radius 2 is 1.71 bits per heavy atom. The van der Waals surface area contributed by atoms with Crippen molar-refractivity contribution in [3.8, 4) is 0 Å². The number of aryl methyl sites for hydroxylation is 1. The van der Waals surface area contributed by atoms with E-state index in [4.69, 9.17) is 0 Å². The molecule has 0 fully saturated rings. The Bertz CT molecular complexity index is 677. The van der Waals surface area contributed by atoms with Gasteiger partial charge in [-0.1, -0.05) is 0 Å². The third kappa shape index (κ3) is 1.64. The second-order valence-corrected chi connectivity index (χ2v) is 5.98. The highest BCUT2D eigenvalue weighted by molar-refractivity contribution is 7.89. The first kappa shape index (κ1) is 11.8. The number of ketones is 2. The van der Waals surface area contributed by atoms with Crippen LogP contribution in [0.1, 0.15) is 28.5 Å². The van der Waals surface area contributed by atoms with Crippen molar-refractivity contribution in [1.29, 1.82) is 0 Å². The van der Waals surface area contributed by atoms with Crippen LogP contribution in [0.25, 0.3) is 6.08 Å². The molecule has 0 saturated heterocycles. The lowest BCUT2D eigenvalue weighted by Gasteiger charge is -2.11. The second kappa shape index (κ2) is 3.40. The van der Waals surface area contributed by atoms with Gasteiger partial charge in [-0.2, -0.15) is 0 Å². The lowest BCUT2D eigenvalue weighted by molar-refractivity contribution is -0.111. The first-order valence-electron chi connectivity index (χ1n) is 4.93. The lowest BCUT2D eigenvalue weighted by atomic mass is 9.94. The number of allylic oxidation sites excluding steroid dienone is 1. The summed E-state index contributed by atoms with van der Waals surface area (Å²) in [6.45, 7) is 3.11. The molecule has 0 radical (unpaired) electrons. The number of rotatable bonds is 1. The predicted octanol–water partition coefficient (Wildman–Crippen LogP) is 0.773. The molecule has 0 bridgehead atoms. The van der Waals surface area contributed by atoms with E-state index in [1.807, 2.05) is 0 Å². The standard InChI is InChI=1S/C11H11NO4S/c1-6-4-8-9(11(14)10(6)13)7(2)5-12(8)17(3,15)16/h4-5H,1-3H3. The van der Waals surface area contributed by atoms with Crippen LogP contribution < -0.4 is 0 Å². The van der Waals surface area contributed by atoms with Crippen molar-refractivity contribution >= 4 is 27.7 Å². The zero-order valence-electron chi connectivity index (χ0n) is 9.64. The van der Waals surface area contributed by atoms with E-state index in [1.54, 1.807) is 6.92 Å². The third-order valence-corrected chi connectivity index (χ3v) is 3.72. The van der Waals surface area contributed by atoms with Gasteiger partial charge in [-0.25, -0.2) is 12.4 Å². The fraction of sp³-hybridized carbons (Fsp3) is 0.273. The van der Waals surface area contributed by atoms with E-state index in [-0.39, 0.29) is 16.8 Å². The molecule has 6 heteroatoms. The first-order valence-corrected chi connectivity index (χ1v) is 6.78. The number of aromatic nitrogens is 1. The molecule has 5 nitrogen and oxygen atoms in total. The van der Waals surface area contributed by atoms with Crippen LogP contribution in [-0.2, 0) is 14.8 Å². The Morgan fingerprint density at radius 3 is 2.24 bits per heavy atom. The molecule has 1 aliphatic rings. The van der Waals surface area contributed by atoms with Crippen LogP contribution >= 0.6 is 0 Å². The van der Waals surface area contributed by atoms with Gasteiger partial charge in [0.05, 0.1) is 17.5 Å². The van der Waals surface area contributed by atoms with E-state index in [0.29, 0.717) is 5.56 Å². The summed E-state index contributed by atoms with van der Waals surface area (Å²) < 4.78 is 24.1. The number of Topliss-reactive ketones (excluding diaryl/α,β-unsaturated/α-hetero) is 2. The van der Waals surface area contributed by atoms with Gasteiger partial charge in [-0.3, -0.25) is 9.59 Å². The number of fused-ring (bicyclic) bond motifs is 1. The average molecular weight is 253 g/mol. The summed E-state index contributed by atoms with van der Waals surface area (Å²) in [7, 11) is -3.48. The molecule has 0 aliphatic heterocycles. The Kier molecular flexibility index (Phi) is 2.36. The van der Waals surface area contributed by atoms with Gasteiger partial charge in [-0.15, -0.1) is 0 Å². The van der Waals surface area contributed by atoms with Crippen LogP contribution in [0.4, 0.5) is 0 Å². The first-order chi connectivity index (χ1) is 7.73. The lowest BCUT2D eigenvalue weighted by Crippen LogP contribution is -2.22. The topological polar surface area (TPSA) is 73.2 Å². The van der Waals surface area contributed by atoms with Crippen molar-refractivity contribution in [2.45, 2.75) is 13.8 Å². The van der Waals surface area contributed by atoms with Crippen LogP contribution in [0.3, 0.4) is 0 Å². The monoisotopic (exact) mass is 253 g/mol. The molecule has 1 aromatic rings. The summed E-state index contributed by atoms with van der Waals surface area (Å²) in [4.78, 5) is 23.3. The zero-order chi connectivity index (χ0) is 13.0. The van der Waals surface area contributed by atoms with Gasteiger partial charge in [0, 0.05) is 11.8 Å². The van der Waals surface area contributed by atoms with Gasteiger partial charge in [0.25, 0.3) is 0 Å². The fourth-order valence-electron chi connectivity index (χ4n) is 1.89. The quantitative estimate of drug-likeness (QED) is 0.693. The van der Waals surface area contributed by atoms with Gasteiger partial charge in [0.15, 0.2) is 0 Å².